The molecule has 4 fully saturated rings. The molecule has 0 heterocycles. The molecule has 0 atom stereocenters. The standard InChI is InChI=1S/C22H30N2O3/c1-14(10-22-11-15-6-16(12-22)8-17(7-15)13-22)23-24-21(25)18-4-5-19(26-2)20(9-18)27-3/h4-5,9,15-17H,6-8,10-13H2,1-3H3,(H,24,25)/b23-14+. The lowest BCUT2D eigenvalue weighted by molar-refractivity contribution is -0.0482. The molecule has 4 aliphatic rings. The summed E-state index contributed by atoms with van der Waals surface area (Å²) in [7, 11) is 3.14. The summed E-state index contributed by atoms with van der Waals surface area (Å²) in [5, 5.41) is 4.42. The van der Waals surface area contributed by atoms with E-state index >= 15 is 0 Å². The maximum absolute atomic E-state index is 12.5. The molecule has 5 rings (SSSR count). The highest BCUT2D eigenvalue weighted by atomic mass is 16.5. The molecule has 0 unspecified atom stereocenters. The van der Waals surface area contributed by atoms with Crippen LogP contribution in [0.5, 0.6) is 11.5 Å². The number of hydrogen-bond donors (Lipinski definition) is 1. The van der Waals surface area contributed by atoms with E-state index in [9.17, 15) is 4.79 Å². The molecule has 5 heteroatoms. The third-order valence-electron chi connectivity index (χ3n) is 6.79. The number of nitrogens with one attached hydrogen (secondary N) is 1. The smallest absolute Gasteiger partial charge is 0.271 e. The number of carbonyl (C=O) groups is 1. The second-order valence-corrected chi connectivity index (χ2v) is 8.95. The SMILES string of the molecule is COc1ccc(C(=O)N/N=C(\C)CC23CC4CC(CC(C4)C2)C3)cc1OC. The van der Waals surface area contributed by atoms with Crippen molar-refractivity contribution in [1.29, 1.82) is 0 Å². The third kappa shape index (κ3) is 3.69. The zero-order chi connectivity index (χ0) is 19.0. The fourth-order valence-corrected chi connectivity index (χ4v) is 6.28. The minimum Gasteiger partial charge on any atom is -0.493 e. The Labute approximate surface area is 161 Å². The van der Waals surface area contributed by atoms with Gasteiger partial charge in [0.25, 0.3) is 5.91 Å². The van der Waals surface area contributed by atoms with Crippen molar-refractivity contribution in [1.82, 2.24) is 5.43 Å². The molecular formula is C22H30N2O3. The number of amides is 1. The Balaban J connectivity index is 1.40. The average Bonchev–Trinajstić information content (AvgIpc) is 2.64. The predicted molar refractivity (Wildman–Crippen MR) is 105 cm³/mol. The minimum absolute atomic E-state index is 0.221. The fourth-order valence-electron chi connectivity index (χ4n) is 6.28. The van der Waals surface area contributed by atoms with Crippen LogP contribution in [0.1, 0.15) is 62.2 Å². The predicted octanol–water partition coefficient (Wildman–Crippen LogP) is 4.42. The van der Waals surface area contributed by atoms with Crippen LogP contribution < -0.4 is 14.9 Å². The summed E-state index contributed by atoms with van der Waals surface area (Å²) in [5.74, 6) is 3.73. The number of ether oxygens (including phenoxy) is 2. The van der Waals surface area contributed by atoms with Gasteiger partial charge in [-0.15, -0.1) is 0 Å². The van der Waals surface area contributed by atoms with E-state index in [2.05, 4.69) is 10.5 Å². The first-order valence-corrected chi connectivity index (χ1v) is 10.1. The third-order valence-corrected chi connectivity index (χ3v) is 6.79. The molecule has 1 aromatic rings. The Morgan fingerprint density at radius 1 is 1.07 bits per heavy atom. The van der Waals surface area contributed by atoms with E-state index in [-0.39, 0.29) is 5.91 Å². The molecule has 146 valence electrons. The summed E-state index contributed by atoms with van der Waals surface area (Å²) < 4.78 is 10.5. The lowest BCUT2D eigenvalue weighted by Crippen LogP contribution is -2.46. The van der Waals surface area contributed by atoms with Gasteiger partial charge in [0.15, 0.2) is 11.5 Å². The van der Waals surface area contributed by atoms with E-state index < -0.39 is 0 Å². The van der Waals surface area contributed by atoms with Gasteiger partial charge in [-0.1, -0.05) is 0 Å². The van der Waals surface area contributed by atoms with Gasteiger partial charge in [-0.05, 0) is 93.2 Å². The first-order valence-electron chi connectivity index (χ1n) is 10.1. The maximum Gasteiger partial charge on any atom is 0.271 e. The zero-order valence-corrected chi connectivity index (χ0v) is 16.6. The van der Waals surface area contributed by atoms with Crippen LogP contribution in [0.15, 0.2) is 23.3 Å². The molecule has 0 radical (unpaired) electrons. The summed E-state index contributed by atoms with van der Waals surface area (Å²) in [4.78, 5) is 12.5. The summed E-state index contributed by atoms with van der Waals surface area (Å²) >= 11 is 0. The number of nitrogens with zero attached hydrogens (tertiary/aromatic N) is 1. The summed E-state index contributed by atoms with van der Waals surface area (Å²) in [5.41, 5.74) is 4.71. The number of benzene rings is 1. The van der Waals surface area contributed by atoms with E-state index in [4.69, 9.17) is 9.47 Å². The van der Waals surface area contributed by atoms with Gasteiger partial charge < -0.3 is 9.47 Å². The average molecular weight is 370 g/mol. The number of rotatable bonds is 6. The summed E-state index contributed by atoms with van der Waals surface area (Å²) in [6.45, 7) is 2.05. The molecule has 4 bridgehead atoms. The second-order valence-electron chi connectivity index (χ2n) is 8.95. The van der Waals surface area contributed by atoms with Gasteiger partial charge in [0, 0.05) is 11.3 Å². The Hall–Kier alpha value is -2.04. The van der Waals surface area contributed by atoms with Crippen LogP contribution in [0.4, 0.5) is 0 Å². The van der Waals surface area contributed by atoms with Gasteiger partial charge in [-0.3, -0.25) is 4.79 Å². The molecule has 0 spiro atoms. The van der Waals surface area contributed by atoms with Crippen molar-refractivity contribution in [2.45, 2.75) is 51.9 Å². The lowest BCUT2D eigenvalue weighted by atomic mass is 9.48. The Morgan fingerprint density at radius 3 is 2.22 bits per heavy atom. The summed E-state index contributed by atoms with van der Waals surface area (Å²) in [6.07, 6.45) is 9.44. The number of carbonyl (C=O) groups excluding carboxylic acids is 1. The van der Waals surface area contributed by atoms with Crippen LogP contribution in [0, 0.1) is 23.2 Å². The van der Waals surface area contributed by atoms with E-state index in [0.29, 0.717) is 22.5 Å². The van der Waals surface area contributed by atoms with Crippen LogP contribution >= 0.6 is 0 Å². The van der Waals surface area contributed by atoms with Crippen LogP contribution in [0.3, 0.4) is 0 Å². The van der Waals surface area contributed by atoms with Crippen molar-refractivity contribution in [3.8, 4) is 11.5 Å². The molecule has 4 saturated carbocycles. The van der Waals surface area contributed by atoms with Gasteiger partial charge >= 0.3 is 0 Å². The lowest BCUT2D eigenvalue weighted by Gasteiger charge is -2.57. The molecule has 1 N–H and O–H groups in total. The molecule has 1 amide bonds. The monoisotopic (exact) mass is 370 g/mol. The molecule has 0 saturated heterocycles. The molecule has 0 aliphatic heterocycles. The summed E-state index contributed by atoms with van der Waals surface area (Å²) in [6, 6.07) is 5.14. The van der Waals surface area contributed by atoms with Gasteiger partial charge in [0.05, 0.1) is 14.2 Å². The topological polar surface area (TPSA) is 59.9 Å². The Bertz CT molecular complexity index is 721. The molecule has 4 aliphatic carbocycles. The van der Waals surface area contributed by atoms with Gasteiger partial charge in [0.1, 0.15) is 0 Å². The van der Waals surface area contributed by atoms with Gasteiger partial charge in [-0.25, -0.2) is 5.43 Å². The molecule has 0 aromatic heterocycles. The number of methoxy groups -OCH3 is 2. The quantitative estimate of drug-likeness (QED) is 0.596. The highest BCUT2D eigenvalue weighted by Crippen LogP contribution is 2.61. The van der Waals surface area contributed by atoms with Crippen LogP contribution in [-0.4, -0.2) is 25.8 Å². The zero-order valence-electron chi connectivity index (χ0n) is 16.6. The first kappa shape index (κ1) is 18.3. The van der Waals surface area contributed by atoms with Crippen molar-refractivity contribution >= 4 is 11.6 Å². The molecule has 1 aromatic carbocycles. The van der Waals surface area contributed by atoms with Gasteiger partial charge in [0.2, 0.25) is 0 Å². The van der Waals surface area contributed by atoms with Crippen LogP contribution in [0.2, 0.25) is 0 Å². The van der Waals surface area contributed by atoms with Crippen LogP contribution in [0.25, 0.3) is 0 Å². The van der Waals surface area contributed by atoms with E-state index in [1.54, 1.807) is 32.4 Å². The molecule has 5 nitrogen and oxygen atoms in total. The minimum atomic E-state index is -0.221. The van der Waals surface area contributed by atoms with Crippen molar-refractivity contribution < 1.29 is 14.3 Å². The maximum atomic E-state index is 12.5. The van der Waals surface area contributed by atoms with Crippen molar-refractivity contribution in [2.75, 3.05) is 14.2 Å². The van der Waals surface area contributed by atoms with Crippen LogP contribution in [-0.2, 0) is 0 Å². The van der Waals surface area contributed by atoms with E-state index in [1.165, 1.54) is 38.5 Å². The first-order chi connectivity index (χ1) is 13.0. The largest absolute Gasteiger partial charge is 0.493 e. The van der Waals surface area contributed by atoms with E-state index in [1.807, 2.05) is 6.92 Å². The highest BCUT2D eigenvalue weighted by Gasteiger charge is 2.50. The number of hydrogen-bond acceptors (Lipinski definition) is 4. The van der Waals surface area contributed by atoms with Crippen molar-refractivity contribution in [2.24, 2.45) is 28.3 Å². The van der Waals surface area contributed by atoms with Crippen molar-refractivity contribution in [3.63, 3.8) is 0 Å². The van der Waals surface area contributed by atoms with Gasteiger partial charge in [-0.2, -0.15) is 5.10 Å². The number of hydrazone groups is 1. The second kappa shape index (κ2) is 7.17. The fraction of sp³-hybridized carbons (Fsp3) is 0.636. The molecular weight excluding hydrogens is 340 g/mol. The van der Waals surface area contributed by atoms with Crippen molar-refractivity contribution in [3.05, 3.63) is 23.8 Å². The normalized spacial score (nSPS) is 31.7. The Kier molecular flexibility index (Phi) is 4.87. The Morgan fingerprint density at radius 2 is 1.67 bits per heavy atom. The highest BCUT2D eigenvalue weighted by molar-refractivity contribution is 5.95. The molecule has 27 heavy (non-hydrogen) atoms. The van der Waals surface area contributed by atoms with E-state index in [0.717, 1.165) is 29.9 Å².